The van der Waals surface area contributed by atoms with Crippen LogP contribution in [0.1, 0.15) is 35.3 Å². The lowest BCUT2D eigenvalue weighted by Crippen LogP contribution is -2.36. The van der Waals surface area contributed by atoms with Crippen LogP contribution in [0.4, 0.5) is 5.69 Å². The Hall–Kier alpha value is -2.27. The molecule has 2 aromatic carbocycles. The molecule has 2 aromatic rings. The van der Waals surface area contributed by atoms with E-state index in [4.69, 9.17) is 0 Å². The number of carbonyl (C=O) groups excluding carboxylic acids is 2. The number of hydrogen-bond acceptors (Lipinski definition) is 3. The van der Waals surface area contributed by atoms with Gasteiger partial charge in [-0.25, -0.2) is 0 Å². The quantitative estimate of drug-likeness (QED) is 0.879. The Morgan fingerprint density at radius 1 is 1.24 bits per heavy atom. The molecule has 0 aromatic heterocycles. The first-order chi connectivity index (χ1) is 11.8. The highest BCUT2D eigenvalue weighted by molar-refractivity contribution is 8.00. The van der Waals surface area contributed by atoms with Crippen LogP contribution in [-0.2, 0) is 10.2 Å². The van der Waals surface area contributed by atoms with Gasteiger partial charge in [0, 0.05) is 22.4 Å². The maximum absolute atomic E-state index is 12.5. The fourth-order valence-corrected chi connectivity index (χ4v) is 3.58. The summed E-state index contributed by atoms with van der Waals surface area (Å²) in [6.07, 6.45) is 0. The second-order valence-corrected chi connectivity index (χ2v) is 8.00. The zero-order valence-corrected chi connectivity index (χ0v) is 15.5. The van der Waals surface area contributed by atoms with Gasteiger partial charge in [0.1, 0.15) is 0 Å². The van der Waals surface area contributed by atoms with Gasteiger partial charge in [0.2, 0.25) is 5.91 Å². The van der Waals surface area contributed by atoms with Crippen LogP contribution < -0.4 is 10.6 Å². The summed E-state index contributed by atoms with van der Waals surface area (Å²) in [7, 11) is 0. The van der Waals surface area contributed by atoms with Gasteiger partial charge in [-0.15, -0.1) is 11.8 Å². The van der Waals surface area contributed by atoms with Gasteiger partial charge in [0.15, 0.2) is 0 Å². The van der Waals surface area contributed by atoms with Gasteiger partial charge < -0.3 is 10.6 Å². The lowest BCUT2D eigenvalue weighted by molar-refractivity contribution is -0.113. The molecule has 5 heteroatoms. The van der Waals surface area contributed by atoms with E-state index in [0.717, 1.165) is 4.90 Å². The Morgan fingerprint density at radius 2 is 2.04 bits per heavy atom. The summed E-state index contributed by atoms with van der Waals surface area (Å²) in [6, 6.07) is 13.8. The Kier molecular flexibility index (Phi) is 4.86. The summed E-state index contributed by atoms with van der Waals surface area (Å²) in [5.74, 6) is 0.257. The van der Waals surface area contributed by atoms with Gasteiger partial charge in [-0.1, -0.05) is 43.7 Å². The van der Waals surface area contributed by atoms with Crippen molar-refractivity contribution in [2.24, 2.45) is 0 Å². The minimum Gasteiger partial charge on any atom is -0.351 e. The summed E-state index contributed by atoms with van der Waals surface area (Å²) < 4.78 is 0. The van der Waals surface area contributed by atoms with Gasteiger partial charge in [0.05, 0.1) is 11.4 Å². The van der Waals surface area contributed by atoms with Crippen molar-refractivity contribution in [1.82, 2.24) is 5.32 Å². The normalized spacial score (nSPS) is 13.8. The summed E-state index contributed by atoms with van der Waals surface area (Å²) in [6.45, 7) is 6.84. The fraction of sp³-hybridized carbons (Fsp3) is 0.300. The first-order valence-electron chi connectivity index (χ1n) is 8.27. The molecule has 0 bridgehead atoms. The van der Waals surface area contributed by atoms with Crippen LogP contribution >= 0.6 is 11.8 Å². The number of benzene rings is 2. The standard InChI is InChI=1S/C20H22N2O2S/c1-13-5-4-6-15(9-13)20(2,3)12-21-19(24)14-7-8-17-16(10-14)22-18(23)11-25-17/h4-10H,11-12H2,1-3H3,(H,21,24)(H,22,23). The molecule has 2 N–H and O–H groups in total. The van der Waals surface area contributed by atoms with E-state index in [1.54, 1.807) is 12.1 Å². The summed E-state index contributed by atoms with van der Waals surface area (Å²) in [4.78, 5) is 25.0. The molecular formula is C20H22N2O2S. The molecule has 4 nitrogen and oxygen atoms in total. The molecular weight excluding hydrogens is 332 g/mol. The van der Waals surface area contributed by atoms with E-state index < -0.39 is 0 Å². The minimum absolute atomic E-state index is 0.0318. The molecule has 0 unspecified atom stereocenters. The monoisotopic (exact) mass is 354 g/mol. The van der Waals surface area contributed by atoms with Gasteiger partial charge in [0.25, 0.3) is 5.91 Å². The Labute approximate surface area is 152 Å². The molecule has 0 saturated carbocycles. The lowest BCUT2D eigenvalue weighted by atomic mass is 9.84. The van der Waals surface area contributed by atoms with Gasteiger partial charge in [-0.05, 0) is 30.7 Å². The third-order valence-electron chi connectivity index (χ3n) is 4.37. The molecule has 0 saturated heterocycles. The molecule has 0 spiro atoms. The number of hydrogen-bond donors (Lipinski definition) is 2. The van der Waals surface area contributed by atoms with E-state index in [0.29, 0.717) is 23.5 Å². The van der Waals surface area contributed by atoms with Crippen LogP contribution in [0, 0.1) is 6.92 Å². The lowest BCUT2D eigenvalue weighted by Gasteiger charge is -2.26. The SMILES string of the molecule is Cc1cccc(C(C)(C)CNC(=O)c2ccc3c(c2)NC(=O)CS3)c1. The zero-order valence-electron chi connectivity index (χ0n) is 14.7. The summed E-state index contributed by atoms with van der Waals surface area (Å²) in [5, 5.41) is 5.84. The molecule has 25 heavy (non-hydrogen) atoms. The smallest absolute Gasteiger partial charge is 0.251 e. The Balaban J connectivity index is 1.70. The van der Waals surface area contributed by atoms with Crippen molar-refractivity contribution in [3.05, 3.63) is 59.2 Å². The molecule has 130 valence electrons. The van der Waals surface area contributed by atoms with Crippen molar-refractivity contribution >= 4 is 29.3 Å². The predicted octanol–water partition coefficient (Wildman–Crippen LogP) is 3.75. The van der Waals surface area contributed by atoms with Crippen molar-refractivity contribution < 1.29 is 9.59 Å². The van der Waals surface area contributed by atoms with Crippen molar-refractivity contribution in [2.75, 3.05) is 17.6 Å². The average Bonchev–Trinajstić information content (AvgIpc) is 2.59. The van der Waals surface area contributed by atoms with Crippen LogP contribution in [0.3, 0.4) is 0 Å². The fourth-order valence-electron chi connectivity index (χ4n) is 2.80. The zero-order chi connectivity index (χ0) is 18.0. The van der Waals surface area contributed by atoms with Crippen LogP contribution in [0.15, 0.2) is 47.4 Å². The minimum atomic E-state index is -0.167. The number of anilines is 1. The van der Waals surface area contributed by atoms with E-state index >= 15 is 0 Å². The number of amides is 2. The van der Waals surface area contributed by atoms with Crippen molar-refractivity contribution in [1.29, 1.82) is 0 Å². The number of nitrogens with one attached hydrogen (secondary N) is 2. The molecule has 1 aliphatic rings. The Morgan fingerprint density at radius 3 is 2.80 bits per heavy atom. The molecule has 0 atom stereocenters. The maximum Gasteiger partial charge on any atom is 0.251 e. The molecule has 2 amide bonds. The molecule has 0 fully saturated rings. The average molecular weight is 354 g/mol. The van der Waals surface area contributed by atoms with E-state index in [1.165, 1.54) is 22.9 Å². The predicted molar refractivity (Wildman–Crippen MR) is 102 cm³/mol. The second kappa shape index (κ2) is 6.92. The molecule has 0 aliphatic carbocycles. The van der Waals surface area contributed by atoms with E-state index in [9.17, 15) is 9.59 Å². The number of aryl methyl sites for hydroxylation is 1. The van der Waals surface area contributed by atoms with Crippen molar-refractivity contribution in [3.8, 4) is 0 Å². The summed E-state index contributed by atoms with van der Waals surface area (Å²) in [5.41, 5.74) is 3.51. The molecule has 1 heterocycles. The van der Waals surface area contributed by atoms with Crippen LogP contribution in [-0.4, -0.2) is 24.1 Å². The second-order valence-electron chi connectivity index (χ2n) is 6.98. The third kappa shape index (κ3) is 4.04. The number of carbonyl (C=O) groups is 2. The molecule has 1 aliphatic heterocycles. The maximum atomic E-state index is 12.5. The first kappa shape index (κ1) is 17.5. The third-order valence-corrected chi connectivity index (χ3v) is 5.44. The van der Waals surface area contributed by atoms with Crippen molar-refractivity contribution in [2.45, 2.75) is 31.1 Å². The first-order valence-corrected chi connectivity index (χ1v) is 9.26. The largest absolute Gasteiger partial charge is 0.351 e. The molecule has 0 radical (unpaired) electrons. The number of rotatable bonds is 4. The van der Waals surface area contributed by atoms with Gasteiger partial charge >= 0.3 is 0 Å². The van der Waals surface area contributed by atoms with Crippen LogP contribution in [0.5, 0.6) is 0 Å². The van der Waals surface area contributed by atoms with E-state index in [2.05, 4.69) is 49.6 Å². The van der Waals surface area contributed by atoms with E-state index in [-0.39, 0.29) is 17.2 Å². The topological polar surface area (TPSA) is 58.2 Å². The highest BCUT2D eigenvalue weighted by Gasteiger charge is 2.22. The number of thioether (sulfide) groups is 1. The highest BCUT2D eigenvalue weighted by atomic mass is 32.2. The Bertz CT molecular complexity index is 830. The van der Waals surface area contributed by atoms with Crippen LogP contribution in [0.2, 0.25) is 0 Å². The molecule has 3 rings (SSSR count). The van der Waals surface area contributed by atoms with Crippen molar-refractivity contribution in [3.63, 3.8) is 0 Å². The highest BCUT2D eigenvalue weighted by Crippen LogP contribution is 2.32. The van der Waals surface area contributed by atoms with E-state index in [1.807, 2.05) is 12.1 Å². The van der Waals surface area contributed by atoms with Gasteiger partial charge in [-0.3, -0.25) is 9.59 Å². The van der Waals surface area contributed by atoms with Gasteiger partial charge in [-0.2, -0.15) is 0 Å². The number of fused-ring (bicyclic) bond motifs is 1. The van der Waals surface area contributed by atoms with Crippen LogP contribution in [0.25, 0.3) is 0 Å². The summed E-state index contributed by atoms with van der Waals surface area (Å²) >= 11 is 1.49.